The molecule has 0 aliphatic heterocycles. The average Bonchev–Trinajstić information content (AvgIpc) is 2.66. The first-order chi connectivity index (χ1) is 12.8. The minimum Gasteiger partial charge on any atom is -0.325 e. The van der Waals surface area contributed by atoms with E-state index >= 15 is 0 Å². The van der Waals surface area contributed by atoms with Gasteiger partial charge in [-0.1, -0.05) is 57.2 Å². The topological polar surface area (TPSA) is 58.2 Å². The zero-order chi connectivity index (χ0) is 20.0. The highest BCUT2D eigenvalue weighted by molar-refractivity contribution is 5.98. The van der Waals surface area contributed by atoms with Crippen molar-refractivity contribution in [1.29, 1.82) is 0 Å². The first-order valence-corrected chi connectivity index (χ1v) is 9.58. The smallest absolute Gasteiger partial charge is 0.241 e. The lowest BCUT2D eigenvalue weighted by Crippen LogP contribution is -2.41. The lowest BCUT2D eigenvalue weighted by molar-refractivity contribution is -0.118. The van der Waals surface area contributed by atoms with E-state index in [9.17, 15) is 9.59 Å². The number of hydrogen-bond donors (Lipinski definition) is 2. The summed E-state index contributed by atoms with van der Waals surface area (Å²) in [6, 6.07) is 15.3. The maximum absolute atomic E-state index is 12.6. The molecule has 0 aliphatic carbocycles. The maximum atomic E-state index is 12.6. The van der Waals surface area contributed by atoms with Gasteiger partial charge in [-0.2, -0.15) is 0 Å². The minimum absolute atomic E-state index is 0.0207. The highest BCUT2D eigenvalue weighted by Gasteiger charge is 2.22. The van der Waals surface area contributed by atoms with E-state index in [-0.39, 0.29) is 23.8 Å². The minimum atomic E-state index is -0.371. The van der Waals surface area contributed by atoms with Gasteiger partial charge in [0.2, 0.25) is 5.91 Å². The van der Waals surface area contributed by atoms with Crippen molar-refractivity contribution in [3.63, 3.8) is 0 Å². The molecule has 4 nitrogen and oxygen atoms in total. The fraction of sp³-hybridized carbons (Fsp3) is 0.391. The summed E-state index contributed by atoms with van der Waals surface area (Å²) >= 11 is 0. The molecule has 2 aromatic rings. The van der Waals surface area contributed by atoms with Gasteiger partial charge in [-0.25, -0.2) is 0 Å². The molecule has 0 fully saturated rings. The lowest BCUT2D eigenvalue weighted by atomic mass is 9.94. The van der Waals surface area contributed by atoms with Crippen molar-refractivity contribution in [2.75, 3.05) is 5.32 Å². The number of benzene rings is 2. The Labute approximate surface area is 162 Å². The zero-order valence-electron chi connectivity index (χ0n) is 16.9. The van der Waals surface area contributed by atoms with Crippen LogP contribution in [0, 0.1) is 5.92 Å². The van der Waals surface area contributed by atoms with Gasteiger partial charge in [0.15, 0.2) is 5.78 Å². The van der Waals surface area contributed by atoms with Gasteiger partial charge < -0.3 is 5.32 Å². The van der Waals surface area contributed by atoms with Crippen LogP contribution in [0.25, 0.3) is 0 Å². The van der Waals surface area contributed by atoms with E-state index in [0.717, 1.165) is 6.42 Å². The first-order valence-electron chi connectivity index (χ1n) is 9.58. The Balaban J connectivity index is 2.07. The molecule has 0 spiro atoms. The summed E-state index contributed by atoms with van der Waals surface area (Å²) < 4.78 is 0. The van der Waals surface area contributed by atoms with E-state index in [1.807, 2.05) is 6.92 Å². The summed E-state index contributed by atoms with van der Waals surface area (Å²) in [5, 5.41) is 6.35. The van der Waals surface area contributed by atoms with Crippen molar-refractivity contribution < 1.29 is 9.59 Å². The number of nitrogens with one attached hydrogen (secondary N) is 2. The van der Waals surface area contributed by atoms with Crippen molar-refractivity contribution in [2.24, 2.45) is 5.92 Å². The molecule has 4 heteroatoms. The van der Waals surface area contributed by atoms with Gasteiger partial charge in [-0.05, 0) is 49.4 Å². The first kappa shape index (κ1) is 20.8. The molecule has 2 atom stereocenters. The number of carbonyl (C=O) groups is 2. The molecule has 0 saturated carbocycles. The Morgan fingerprint density at radius 1 is 1.00 bits per heavy atom. The fourth-order valence-electron chi connectivity index (χ4n) is 3.05. The van der Waals surface area contributed by atoms with Gasteiger partial charge in [-0.3, -0.25) is 14.9 Å². The van der Waals surface area contributed by atoms with E-state index in [0.29, 0.717) is 17.2 Å². The fourth-order valence-corrected chi connectivity index (χ4v) is 3.05. The SMILES string of the molecule is CCc1ccc([C@H](N[C@@H](C)C(=O)Nc2cccc(C(C)=O)c2)C(C)C)cc1. The Hall–Kier alpha value is -2.46. The van der Waals surface area contributed by atoms with Crippen LogP contribution in [0.1, 0.15) is 62.1 Å². The number of Topliss-reactive ketones (excluding diaryl/α,β-unsaturated/α-hetero) is 1. The Morgan fingerprint density at radius 2 is 1.67 bits per heavy atom. The number of aryl methyl sites for hydroxylation is 1. The van der Waals surface area contributed by atoms with Gasteiger partial charge in [0.25, 0.3) is 0 Å². The molecule has 27 heavy (non-hydrogen) atoms. The number of anilines is 1. The van der Waals surface area contributed by atoms with Crippen LogP contribution in [0.15, 0.2) is 48.5 Å². The number of ketones is 1. The Kier molecular flexibility index (Phi) is 7.31. The number of amides is 1. The molecule has 0 radical (unpaired) electrons. The molecular weight excluding hydrogens is 336 g/mol. The third kappa shape index (κ3) is 5.76. The third-order valence-electron chi connectivity index (χ3n) is 4.77. The van der Waals surface area contributed by atoms with Crippen LogP contribution >= 0.6 is 0 Å². The summed E-state index contributed by atoms with van der Waals surface area (Å²) in [7, 11) is 0. The van der Waals surface area contributed by atoms with Gasteiger partial charge in [-0.15, -0.1) is 0 Å². The van der Waals surface area contributed by atoms with Crippen molar-refractivity contribution in [3.05, 3.63) is 65.2 Å². The Morgan fingerprint density at radius 3 is 2.22 bits per heavy atom. The van der Waals surface area contributed by atoms with Gasteiger partial charge in [0.1, 0.15) is 0 Å². The van der Waals surface area contributed by atoms with Crippen molar-refractivity contribution in [3.8, 4) is 0 Å². The van der Waals surface area contributed by atoms with Crippen LogP contribution in [0.3, 0.4) is 0 Å². The predicted molar refractivity (Wildman–Crippen MR) is 111 cm³/mol. The van der Waals surface area contributed by atoms with E-state index in [1.54, 1.807) is 24.3 Å². The zero-order valence-corrected chi connectivity index (χ0v) is 16.9. The molecule has 144 valence electrons. The van der Waals surface area contributed by atoms with Gasteiger partial charge in [0, 0.05) is 17.3 Å². The van der Waals surface area contributed by atoms with Crippen LogP contribution in [-0.2, 0) is 11.2 Å². The average molecular weight is 367 g/mol. The van der Waals surface area contributed by atoms with E-state index in [4.69, 9.17) is 0 Å². The predicted octanol–water partition coefficient (Wildman–Crippen LogP) is 4.77. The van der Waals surface area contributed by atoms with Crippen LogP contribution in [-0.4, -0.2) is 17.7 Å². The van der Waals surface area contributed by atoms with E-state index < -0.39 is 0 Å². The van der Waals surface area contributed by atoms with Crippen molar-refractivity contribution >= 4 is 17.4 Å². The molecule has 0 saturated heterocycles. The monoisotopic (exact) mass is 366 g/mol. The molecular formula is C23H30N2O2. The quantitative estimate of drug-likeness (QED) is 0.662. The Bertz CT molecular complexity index is 781. The second-order valence-corrected chi connectivity index (χ2v) is 7.33. The van der Waals surface area contributed by atoms with Gasteiger partial charge in [0.05, 0.1) is 6.04 Å². The number of rotatable bonds is 8. The number of hydrogen-bond acceptors (Lipinski definition) is 3. The molecule has 0 bridgehead atoms. The standard InChI is InChI=1S/C23H30N2O2/c1-6-18-10-12-19(13-11-18)22(15(2)3)24-16(4)23(27)25-21-9-7-8-20(14-21)17(5)26/h7-16,22,24H,6H2,1-5H3,(H,25,27)/t16-,22+/m0/s1. The molecule has 0 aliphatic rings. The lowest BCUT2D eigenvalue weighted by Gasteiger charge is -2.26. The van der Waals surface area contributed by atoms with Crippen LogP contribution < -0.4 is 10.6 Å². The second kappa shape index (κ2) is 9.47. The second-order valence-electron chi connectivity index (χ2n) is 7.33. The maximum Gasteiger partial charge on any atom is 0.241 e. The summed E-state index contributed by atoms with van der Waals surface area (Å²) in [5.74, 6) is 0.202. The summed E-state index contributed by atoms with van der Waals surface area (Å²) in [6.45, 7) is 9.81. The molecule has 2 aromatic carbocycles. The number of carbonyl (C=O) groups excluding carboxylic acids is 2. The normalized spacial score (nSPS) is 13.3. The molecule has 0 unspecified atom stereocenters. The van der Waals surface area contributed by atoms with E-state index in [2.05, 4.69) is 55.7 Å². The highest BCUT2D eigenvalue weighted by Crippen LogP contribution is 2.23. The molecule has 0 heterocycles. The summed E-state index contributed by atoms with van der Waals surface area (Å²) in [4.78, 5) is 24.1. The third-order valence-corrected chi connectivity index (χ3v) is 4.77. The van der Waals surface area contributed by atoms with Crippen LogP contribution in [0.5, 0.6) is 0 Å². The molecule has 1 amide bonds. The summed E-state index contributed by atoms with van der Waals surface area (Å²) in [6.07, 6.45) is 1.01. The molecule has 0 aromatic heterocycles. The highest BCUT2D eigenvalue weighted by atomic mass is 16.2. The van der Waals surface area contributed by atoms with Crippen LogP contribution in [0.2, 0.25) is 0 Å². The van der Waals surface area contributed by atoms with Gasteiger partial charge >= 0.3 is 0 Å². The van der Waals surface area contributed by atoms with Crippen molar-refractivity contribution in [2.45, 2.75) is 53.1 Å². The largest absolute Gasteiger partial charge is 0.325 e. The summed E-state index contributed by atoms with van der Waals surface area (Å²) in [5.41, 5.74) is 3.71. The molecule has 2 N–H and O–H groups in total. The van der Waals surface area contributed by atoms with Crippen LogP contribution in [0.4, 0.5) is 5.69 Å². The van der Waals surface area contributed by atoms with Crippen molar-refractivity contribution in [1.82, 2.24) is 5.32 Å². The molecule has 2 rings (SSSR count). The van der Waals surface area contributed by atoms with E-state index in [1.165, 1.54) is 18.1 Å².